The van der Waals surface area contributed by atoms with Crippen molar-refractivity contribution in [2.45, 2.75) is 51.7 Å². The van der Waals surface area contributed by atoms with E-state index in [0.717, 1.165) is 20.9 Å². The smallest absolute Gasteiger partial charge is 0.249 e. The molecule has 0 aromatic heterocycles. The number of likely N-dealkylation sites (N-methyl/N-ethyl adjacent to an activating group) is 1. The van der Waals surface area contributed by atoms with Gasteiger partial charge in [0.2, 0.25) is 17.7 Å². The number of nitrogens with one attached hydrogen (secondary N) is 2. The molecule has 1 aliphatic heterocycles. The van der Waals surface area contributed by atoms with Crippen LogP contribution in [0.25, 0.3) is 0 Å². The molecule has 0 radical (unpaired) electrons. The number of aliphatic hydroxyl groups is 1. The van der Waals surface area contributed by atoms with E-state index in [1.54, 1.807) is 0 Å². The Hall–Kier alpha value is -2.41. The highest BCUT2D eigenvalue weighted by atomic mass is 16.3. The molecule has 2 rings (SSSR count). The van der Waals surface area contributed by atoms with E-state index in [2.05, 4.69) is 5.32 Å². The zero-order chi connectivity index (χ0) is 29.3. The minimum Gasteiger partial charge on any atom is -0.383 e. The van der Waals surface area contributed by atoms with Crippen molar-refractivity contribution in [2.75, 3.05) is 13.5 Å². The average molecular weight is 386 g/mol. The number of nitrogens with zero attached hydrogens (tertiary/aromatic N) is 1. The van der Waals surface area contributed by atoms with Crippen molar-refractivity contribution in [2.24, 2.45) is 5.92 Å². The van der Waals surface area contributed by atoms with Gasteiger partial charge in [-0.1, -0.05) is 38.0 Å². The summed E-state index contributed by atoms with van der Waals surface area (Å²) in [7, 11) is 0.813. The van der Waals surface area contributed by atoms with Gasteiger partial charge in [0.25, 0.3) is 0 Å². The summed E-state index contributed by atoms with van der Waals surface area (Å²) in [6.07, 6.45) is -5.91. The highest BCUT2D eigenvalue weighted by molar-refractivity contribution is 5.95. The highest BCUT2D eigenvalue weighted by Crippen LogP contribution is 2.25. The largest absolute Gasteiger partial charge is 0.383 e. The molecule has 3 N–H and O–H groups in total. The first-order valence-electron chi connectivity index (χ1n) is 13.2. The number of benzene rings is 1. The Morgan fingerprint density at radius 3 is 2.70 bits per heavy atom. The van der Waals surface area contributed by atoms with Crippen molar-refractivity contribution in [3.63, 3.8) is 0 Å². The van der Waals surface area contributed by atoms with Crippen molar-refractivity contribution in [1.82, 2.24) is 15.5 Å². The van der Waals surface area contributed by atoms with Crippen molar-refractivity contribution in [3.8, 4) is 0 Å². The predicted octanol–water partition coefficient (Wildman–Crippen LogP) is 0.770. The topological polar surface area (TPSA) is 98.7 Å². The Morgan fingerprint density at radius 2 is 2.07 bits per heavy atom. The van der Waals surface area contributed by atoms with Gasteiger partial charge in [-0.05, 0) is 37.3 Å². The van der Waals surface area contributed by atoms with Crippen LogP contribution in [0.3, 0.4) is 0 Å². The van der Waals surface area contributed by atoms with Crippen molar-refractivity contribution in [1.29, 1.82) is 0 Å². The van der Waals surface area contributed by atoms with Crippen LogP contribution in [0.2, 0.25) is 0 Å². The Bertz CT molecular complexity index is 1170. The van der Waals surface area contributed by atoms with E-state index >= 15 is 0 Å². The minimum absolute atomic E-state index is 0.194. The normalized spacial score (nSPS) is 31.5. The minimum atomic E-state index is -3.26. The third kappa shape index (κ3) is 4.66. The molecule has 7 nitrogen and oxygen atoms in total. The van der Waals surface area contributed by atoms with Gasteiger partial charge in [-0.15, -0.1) is 0 Å². The fraction of sp³-hybridized carbons (Fsp3) is 0.550. The summed E-state index contributed by atoms with van der Waals surface area (Å²) in [6, 6.07) is -7.15. The van der Waals surface area contributed by atoms with Crippen LogP contribution in [0.15, 0.2) is 24.2 Å². The van der Waals surface area contributed by atoms with Gasteiger partial charge >= 0.3 is 0 Å². The number of carbonyl (C=O) groups is 3. The van der Waals surface area contributed by atoms with Gasteiger partial charge in [0.05, 0.1) is 8.22 Å². The molecule has 27 heavy (non-hydrogen) atoms. The molecule has 0 bridgehead atoms. The molecule has 7 heteroatoms. The van der Waals surface area contributed by atoms with Gasteiger partial charge in [-0.2, -0.15) is 0 Å². The quantitative estimate of drug-likeness (QED) is 0.697. The van der Waals surface area contributed by atoms with Crippen LogP contribution in [0, 0.1) is 5.92 Å². The van der Waals surface area contributed by atoms with E-state index in [9.17, 15) is 19.5 Å². The van der Waals surface area contributed by atoms with E-state index in [1.165, 1.54) is 13.8 Å². The molecule has 1 aromatic carbocycles. The van der Waals surface area contributed by atoms with Gasteiger partial charge in [-0.25, -0.2) is 0 Å². The summed E-state index contributed by atoms with van der Waals surface area (Å²) in [6.45, 7) is 1.76. The third-order valence-electron chi connectivity index (χ3n) is 3.82. The molecule has 0 spiro atoms. The standard InChI is InChI=1S/C20H29N3O4/c1-12(2)16(24)17(25)22-20(3,4)19(27)21-15-14-9-7-6-8-13(14)10-11-23(5)18(15)26/h6-9,12,15-16,24H,10-11H2,1-5H3,(H,21,27)(H,22,25)/t15-,16-/m0/s1/i6D,7D,8D,9D,10D2,11D2,15D,16D. The van der Waals surface area contributed by atoms with Gasteiger partial charge < -0.3 is 20.6 Å². The number of rotatable bonds is 5. The molecule has 0 saturated carbocycles. The molecule has 0 aliphatic carbocycles. The van der Waals surface area contributed by atoms with Crippen LogP contribution in [0.5, 0.6) is 0 Å². The molecule has 0 saturated heterocycles. The van der Waals surface area contributed by atoms with E-state index < -0.39 is 89.4 Å². The van der Waals surface area contributed by atoms with Gasteiger partial charge in [0.1, 0.15) is 17.6 Å². The second-order valence-electron chi connectivity index (χ2n) is 6.80. The Kier molecular flexibility index (Phi) is 3.23. The third-order valence-corrected chi connectivity index (χ3v) is 3.82. The summed E-state index contributed by atoms with van der Waals surface area (Å²) in [5.41, 5.74) is -4.04. The molecule has 0 fully saturated rings. The van der Waals surface area contributed by atoms with Crippen LogP contribution in [0.4, 0.5) is 0 Å². The Labute approximate surface area is 174 Å². The number of fused-ring (bicyclic) bond motifs is 1. The Balaban J connectivity index is 2.79. The maximum Gasteiger partial charge on any atom is 0.249 e. The molecule has 3 amide bonds. The van der Waals surface area contributed by atoms with Crippen LogP contribution in [-0.2, 0) is 20.8 Å². The van der Waals surface area contributed by atoms with E-state index in [4.69, 9.17) is 13.7 Å². The SMILES string of the molecule is [2H]c1c([2H])c([2H])c2c(c1[2H])C([2H])([2H])C([2H])([2H])N(C)C(=O)[C@@]2([2H])NC(=O)C(C)(C)NC(=O)[C@@]([2H])(O)C(C)C. The van der Waals surface area contributed by atoms with Crippen LogP contribution in [0.1, 0.15) is 58.5 Å². The number of carbonyl (C=O) groups excluding carboxylic acids is 3. The molecule has 148 valence electrons. The second kappa shape index (κ2) is 8.08. The lowest BCUT2D eigenvalue weighted by atomic mass is 9.96. The second-order valence-corrected chi connectivity index (χ2v) is 6.80. The van der Waals surface area contributed by atoms with E-state index in [0.29, 0.717) is 0 Å². The lowest BCUT2D eigenvalue weighted by molar-refractivity contribution is -0.140. The summed E-state index contributed by atoms with van der Waals surface area (Å²) in [5, 5.41) is 14.2. The van der Waals surface area contributed by atoms with Crippen molar-refractivity contribution >= 4 is 17.7 Å². The monoisotopic (exact) mass is 385 g/mol. The molecular formula is C20H29N3O4. The first-order valence-corrected chi connectivity index (χ1v) is 8.17. The van der Waals surface area contributed by atoms with Gasteiger partial charge in [0.15, 0.2) is 0 Å². The van der Waals surface area contributed by atoms with Crippen LogP contribution < -0.4 is 10.6 Å². The number of hydrogen-bond donors (Lipinski definition) is 3. The average Bonchev–Trinajstić information content (AvgIpc) is 2.79. The van der Waals surface area contributed by atoms with Gasteiger partial charge in [0, 0.05) is 19.0 Å². The summed E-state index contributed by atoms with van der Waals surface area (Å²) in [5.74, 6) is -5.00. The van der Waals surface area contributed by atoms with Crippen LogP contribution >= 0.6 is 0 Å². The molecule has 2 atom stereocenters. The zero-order valence-corrected chi connectivity index (χ0v) is 15.7. The van der Waals surface area contributed by atoms with E-state index in [1.807, 2.05) is 5.32 Å². The first-order chi connectivity index (χ1) is 16.4. The molecular weight excluding hydrogens is 346 g/mol. The summed E-state index contributed by atoms with van der Waals surface area (Å²) in [4.78, 5) is 39.4. The van der Waals surface area contributed by atoms with Crippen LogP contribution in [-0.4, -0.2) is 52.9 Å². The fourth-order valence-electron chi connectivity index (χ4n) is 2.11. The summed E-state index contributed by atoms with van der Waals surface area (Å²) >= 11 is 0. The maximum absolute atomic E-state index is 13.4. The molecule has 1 aromatic rings. The van der Waals surface area contributed by atoms with Gasteiger partial charge in [-0.3, -0.25) is 14.4 Å². The number of hydrogen-bond acceptors (Lipinski definition) is 4. The predicted molar refractivity (Wildman–Crippen MR) is 102 cm³/mol. The fourth-order valence-corrected chi connectivity index (χ4v) is 2.11. The highest BCUT2D eigenvalue weighted by Gasteiger charge is 2.37. The molecule has 1 heterocycles. The lowest BCUT2D eigenvalue weighted by Gasteiger charge is -2.30. The number of amides is 3. The first kappa shape index (κ1) is 10.8. The van der Waals surface area contributed by atoms with Crippen molar-refractivity contribution < 1.29 is 33.2 Å². The summed E-state index contributed by atoms with van der Waals surface area (Å²) < 4.78 is 82.5. The molecule has 0 unspecified atom stereocenters. The van der Waals surface area contributed by atoms with Crippen molar-refractivity contribution in [3.05, 3.63) is 35.3 Å². The molecule has 1 aliphatic rings. The van der Waals surface area contributed by atoms with E-state index in [-0.39, 0.29) is 4.90 Å². The maximum atomic E-state index is 13.4. The zero-order valence-electron chi connectivity index (χ0n) is 25.7. The Morgan fingerprint density at radius 1 is 1.44 bits per heavy atom. The lowest BCUT2D eigenvalue weighted by Crippen LogP contribution is -2.58.